The number of ether oxygens (including phenoxy) is 1. The molecule has 1 atom stereocenters. The molecule has 1 unspecified atom stereocenters. The number of hydrogen-bond acceptors (Lipinski definition) is 2. The second kappa shape index (κ2) is 5.29. The number of hydrogen-bond donors (Lipinski definition) is 0. The number of methoxy groups -OCH3 is 1. The summed E-state index contributed by atoms with van der Waals surface area (Å²) in [6.45, 7) is 5.26. The zero-order valence-electron chi connectivity index (χ0n) is 9.63. The third-order valence-corrected chi connectivity index (χ3v) is 2.32. The monoisotopic (exact) mass is 205 g/mol. The number of rotatable bonds is 5. The second-order valence-electron chi connectivity index (χ2n) is 3.95. The Morgan fingerprint density at radius 1 is 1.57 bits per heavy atom. The highest BCUT2D eigenvalue weighted by Gasteiger charge is 2.35. The molecule has 0 spiro atoms. The Morgan fingerprint density at radius 3 is 2.43 bits per heavy atom. The van der Waals surface area contributed by atoms with E-state index in [0.29, 0.717) is 0 Å². The van der Waals surface area contributed by atoms with E-state index in [1.54, 1.807) is 7.05 Å². The SMILES string of the molecule is COCCC(C)(F)C(=O)N(C)C(C)C. The van der Waals surface area contributed by atoms with Gasteiger partial charge in [-0.3, -0.25) is 4.79 Å². The number of halogens is 1. The van der Waals surface area contributed by atoms with Crippen molar-refractivity contribution in [3.05, 3.63) is 0 Å². The number of carbonyl (C=O) groups is 1. The lowest BCUT2D eigenvalue weighted by atomic mass is 10.0. The molecule has 0 saturated heterocycles. The van der Waals surface area contributed by atoms with Gasteiger partial charge in [0, 0.05) is 33.2 Å². The van der Waals surface area contributed by atoms with Crippen molar-refractivity contribution in [3.63, 3.8) is 0 Å². The fraction of sp³-hybridized carbons (Fsp3) is 0.900. The maximum atomic E-state index is 13.8. The van der Waals surface area contributed by atoms with E-state index < -0.39 is 11.6 Å². The fourth-order valence-electron chi connectivity index (χ4n) is 1.00. The Bertz CT molecular complexity index is 193. The normalized spacial score (nSPS) is 15.4. The summed E-state index contributed by atoms with van der Waals surface area (Å²) in [5.41, 5.74) is -1.82. The minimum atomic E-state index is -1.82. The van der Waals surface area contributed by atoms with Gasteiger partial charge in [-0.15, -0.1) is 0 Å². The largest absolute Gasteiger partial charge is 0.385 e. The van der Waals surface area contributed by atoms with E-state index in [9.17, 15) is 9.18 Å². The van der Waals surface area contributed by atoms with E-state index >= 15 is 0 Å². The molecule has 0 aromatic rings. The van der Waals surface area contributed by atoms with Crippen molar-refractivity contribution in [2.45, 2.75) is 38.9 Å². The molecule has 0 radical (unpaired) electrons. The lowest BCUT2D eigenvalue weighted by Crippen LogP contribution is -2.45. The molecule has 0 heterocycles. The molecular formula is C10H20FNO2. The van der Waals surface area contributed by atoms with Crippen LogP contribution in [0.2, 0.25) is 0 Å². The van der Waals surface area contributed by atoms with E-state index in [2.05, 4.69) is 0 Å². The molecule has 0 aromatic carbocycles. The Morgan fingerprint density at radius 2 is 2.07 bits per heavy atom. The summed E-state index contributed by atoms with van der Waals surface area (Å²) in [5.74, 6) is -0.482. The first kappa shape index (κ1) is 13.4. The lowest BCUT2D eigenvalue weighted by Gasteiger charge is -2.28. The number of nitrogens with zero attached hydrogens (tertiary/aromatic N) is 1. The van der Waals surface area contributed by atoms with Crippen molar-refractivity contribution in [2.24, 2.45) is 0 Å². The molecule has 0 N–H and O–H groups in total. The molecule has 0 fully saturated rings. The predicted molar refractivity (Wildman–Crippen MR) is 53.9 cm³/mol. The van der Waals surface area contributed by atoms with Crippen LogP contribution >= 0.6 is 0 Å². The molecular weight excluding hydrogens is 185 g/mol. The van der Waals surface area contributed by atoms with Gasteiger partial charge >= 0.3 is 0 Å². The smallest absolute Gasteiger partial charge is 0.260 e. The van der Waals surface area contributed by atoms with Crippen LogP contribution < -0.4 is 0 Å². The molecule has 3 nitrogen and oxygen atoms in total. The Kier molecular flexibility index (Phi) is 5.05. The molecule has 84 valence electrons. The minimum absolute atomic E-state index is 0.0140. The molecule has 14 heavy (non-hydrogen) atoms. The molecule has 1 amide bonds. The van der Waals surface area contributed by atoms with Gasteiger partial charge in [-0.2, -0.15) is 0 Å². The van der Waals surface area contributed by atoms with Crippen LogP contribution in [0.4, 0.5) is 4.39 Å². The summed E-state index contributed by atoms with van der Waals surface area (Å²) < 4.78 is 18.6. The van der Waals surface area contributed by atoms with Gasteiger partial charge in [-0.05, 0) is 20.8 Å². The number of alkyl halides is 1. The van der Waals surface area contributed by atoms with Gasteiger partial charge in [0.25, 0.3) is 5.91 Å². The van der Waals surface area contributed by atoms with Crippen LogP contribution in [0, 0.1) is 0 Å². The van der Waals surface area contributed by atoms with Crippen molar-refractivity contribution < 1.29 is 13.9 Å². The first-order valence-electron chi connectivity index (χ1n) is 4.78. The summed E-state index contributed by atoms with van der Waals surface area (Å²) in [7, 11) is 3.10. The van der Waals surface area contributed by atoms with Crippen molar-refractivity contribution in [1.82, 2.24) is 4.90 Å². The molecule has 0 aliphatic rings. The first-order chi connectivity index (χ1) is 6.33. The average molecular weight is 205 g/mol. The third kappa shape index (κ3) is 3.62. The van der Waals surface area contributed by atoms with Crippen molar-refractivity contribution >= 4 is 5.91 Å². The summed E-state index contributed by atoms with van der Waals surface area (Å²) in [4.78, 5) is 13.0. The van der Waals surface area contributed by atoms with Crippen molar-refractivity contribution in [2.75, 3.05) is 20.8 Å². The molecule has 0 aliphatic carbocycles. The third-order valence-electron chi connectivity index (χ3n) is 2.32. The average Bonchev–Trinajstić information content (AvgIpc) is 2.12. The second-order valence-corrected chi connectivity index (χ2v) is 3.95. The quantitative estimate of drug-likeness (QED) is 0.682. The van der Waals surface area contributed by atoms with Crippen LogP contribution in [-0.2, 0) is 9.53 Å². The Balaban J connectivity index is 4.34. The van der Waals surface area contributed by atoms with Gasteiger partial charge < -0.3 is 9.64 Å². The van der Waals surface area contributed by atoms with Crippen LogP contribution in [0.5, 0.6) is 0 Å². The van der Waals surface area contributed by atoms with Gasteiger partial charge in [0.15, 0.2) is 5.67 Å². The van der Waals surface area contributed by atoms with E-state index in [0.717, 1.165) is 0 Å². The lowest BCUT2D eigenvalue weighted by molar-refractivity contribution is -0.144. The zero-order chi connectivity index (χ0) is 11.4. The van der Waals surface area contributed by atoms with Crippen LogP contribution in [0.25, 0.3) is 0 Å². The van der Waals surface area contributed by atoms with Gasteiger partial charge in [-0.25, -0.2) is 4.39 Å². The van der Waals surface area contributed by atoms with Crippen molar-refractivity contribution in [1.29, 1.82) is 0 Å². The van der Waals surface area contributed by atoms with Gasteiger partial charge in [-0.1, -0.05) is 0 Å². The number of carbonyl (C=O) groups excluding carboxylic acids is 1. The van der Waals surface area contributed by atoms with Gasteiger partial charge in [0.2, 0.25) is 0 Å². The van der Waals surface area contributed by atoms with Crippen LogP contribution in [0.3, 0.4) is 0 Å². The maximum Gasteiger partial charge on any atom is 0.260 e. The summed E-state index contributed by atoms with van der Waals surface area (Å²) in [6, 6.07) is 0.0140. The summed E-state index contributed by atoms with van der Waals surface area (Å²) >= 11 is 0. The highest BCUT2D eigenvalue weighted by atomic mass is 19.1. The van der Waals surface area contributed by atoms with E-state index in [-0.39, 0.29) is 19.1 Å². The van der Waals surface area contributed by atoms with Crippen LogP contribution in [-0.4, -0.2) is 43.3 Å². The zero-order valence-corrected chi connectivity index (χ0v) is 9.63. The van der Waals surface area contributed by atoms with Crippen molar-refractivity contribution in [3.8, 4) is 0 Å². The molecule has 0 saturated carbocycles. The topological polar surface area (TPSA) is 29.5 Å². The Labute approximate surface area is 85.2 Å². The molecule has 0 aromatic heterocycles. The van der Waals surface area contributed by atoms with Gasteiger partial charge in [0.05, 0.1) is 0 Å². The maximum absolute atomic E-state index is 13.8. The fourth-order valence-corrected chi connectivity index (χ4v) is 1.00. The minimum Gasteiger partial charge on any atom is -0.385 e. The molecule has 0 bridgehead atoms. The molecule has 0 aliphatic heterocycles. The van der Waals surface area contributed by atoms with E-state index in [4.69, 9.17) is 4.74 Å². The molecule has 0 rings (SSSR count). The highest BCUT2D eigenvalue weighted by Crippen LogP contribution is 2.19. The van der Waals surface area contributed by atoms with Crippen LogP contribution in [0.1, 0.15) is 27.2 Å². The summed E-state index contributed by atoms with van der Waals surface area (Å²) in [6.07, 6.45) is 0.0966. The standard InChI is InChI=1S/C10H20FNO2/c1-8(2)12(4)9(13)10(3,11)6-7-14-5/h8H,6-7H2,1-5H3. The number of amides is 1. The predicted octanol–water partition coefficient (Wildman–Crippen LogP) is 1.62. The van der Waals surface area contributed by atoms with Gasteiger partial charge in [0.1, 0.15) is 0 Å². The highest BCUT2D eigenvalue weighted by molar-refractivity contribution is 5.84. The van der Waals surface area contributed by atoms with E-state index in [1.807, 2.05) is 13.8 Å². The van der Waals surface area contributed by atoms with E-state index in [1.165, 1.54) is 18.9 Å². The first-order valence-corrected chi connectivity index (χ1v) is 4.78. The Hall–Kier alpha value is -0.640. The molecule has 4 heteroatoms. The van der Waals surface area contributed by atoms with Crippen LogP contribution in [0.15, 0.2) is 0 Å². The summed E-state index contributed by atoms with van der Waals surface area (Å²) in [5, 5.41) is 0.